The fourth-order valence-corrected chi connectivity index (χ4v) is 2.77. The van der Waals surface area contributed by atoms with E-state index in [1.807, 2.05) is 24.6 Å². The van der Waals surface area contributed by atoms with Crippen LogP contribution in [0.2, 0.25) is 0 Å². The number of aliphatic hydroxyl groups excluding tert-OH is 1. The van der Waals surface area contributed by atoms with Gasteiger partial charge in [0.1, 0.15) is 6.10 Å². The third kappa shape index (κ3) is 3.53. The Morgan fingerprint density at radius 2 is 1.93 bits per heavy atom. The van der Waals surface area contributed by atoms with Crippen molar-refractivity contribution in [2.75, 3.05) is 13.2 Å². The number of ether oxygens (including phenoxy) is 2. The highest BCUT2D eigenvalue weighted by atomic mass is 79.9. The van der Waals surface area contributed by atoms with Gasteiger partial charge in [0.2, 0.25) is 0 Å². The summed E-state index contributed by atoms with van der Waals surface area (Å²) < 4.78 is 11.6. The van der Waals surface area contributed by atoms with Gasteiger partial charge in [-0.2, -0.15) is 11.3 Å². The van der Waals surface area contributed by atoms with Crippen molar-refractivity contribution in [1.29, 1.82) is 0 Å². The van der Waals surface area contributed by atoms with Crippen LogP contribution in [0.3, 0.4) is 0 Å². The predicted molar refractivity (Wildman–Crippen MR) is 64.0 cm³/mol. The van der Waals surface area contributed by atoms with E-state index in [2.05, 4.69) is 15.9 Å². The van der Waals surface area contributed by atoms with Crippen LogP contribution in [-0.2, 0) is 9.47 Å². The zero-order valence-corrected chi connectivity index (χ0v) is 11.2. The van der Waals surface area contributed by atoms with Gasteiger partial charge in [-0.1, -0.05) is 0 Å². The van der Waals surface area contributed by atoms with Gasteiger partial charge < -0.3 is 14.6 Å². The quantitative estimate of drug-likeness (QED) is 0.820. The van der Waals surface area contributed by atoms with E-state index >= 15 is 0 Å². The Morgan fingerprint density at radius 1 is 1.33 bits per heavy atom. The van der Waals surface area contributed by atoms with Gasteiger partial charge in [0.05, 0.1) is 0 Å². The summed E-state index contributed by atoms with van der Waals surface area (Å²) in [6, 6.07) is 0. The van der Waals surface area contributed by atoms with Crippen LogP contribution < -0.4 is 0 Å². The molecule has 0 saturated heterocycles. The molecule has 0 aliphatic rings. The van der Waals surface area contributed by atoms with Crippen molar-refractivity contribution < 1.29 is 14.6 Å². The van der Waals surface area contributed by atoms with Crippen LogP contribution in [-0.4, -0.2) is 24.6 Å². The Morgan fingerprint density at radius 3 is 2.33 bits per heavy atom. The monoisotopic (exact) mass is 294 g/mol. The second-order valence-corrected chi connectivity index (χ2v) is 4.50. The van der Waals surface area contributed by atoms with Crippen LogP contribution in [0.4, 0.5) is 0 Å². The zero-order valence-electron chi connectivity index (χ0n) is 8.77. The predicted octanol–water partition coefficient (Wildman–Crippen LogP) is 2.94. The third-order valence-electron chi connectivity index (χ3n) is 1.88. The summed E-state index contributed by atoms with van der Waals surface area (Å²) in [6.07, 6.45) is -1.34. The average Bonchev–Trinajstić information content (AvgIpc) is 2.63. The summed E-state index contributed by atoms with van der Waals surface area (Å²) in [7, 11) is 0. The van der Waals surface area contributed by atoms with Crippen LogP contribution in [0.1, 0.15) is 25.5 Å². The van der Waals surface area contributed by atoms with Crippen molar-refractivity contribution in [3.05, 3.63) is 20.8 Å². The fraction of sp³-hybridized carbons (Fsp3) is 0.600. The zero-order chi connectivity index (χ0) is 11.3. The molecule has 0 spiro atoms. The number of aliphatic hydroxyl groups is 1. The van der Waals surface area contributed by atoms with Crippen LogP contribution in [0.15, 0.2) is 15.2 Å². The summed E-state index contributed by atoms with van der Waals surface area (Å²) in [5, 5.41) is 13.9. The van der Waals surface area contributed by atoms with Crippen molar-refractivity contribution in [3.63, 3.8) is 0 Å². The maximum atomic E-state index is 10.0. The molecule has 1 aromatic rings. The van der Waals surface area contributed by atoms with E-state index in [-0.39, 0.29) is 0 Å². The Balaban J connectivity index is 2.71. The van der Waals surface area contributed by atoms with Gasteiger partial charge in [0, 0.05) is 28.6 Å². The standard InChI is InChI=1S/C10H15BrO3S/c1-3-13-10(14-4-2)9(12)7-5-15-6-8(7)11/h5-6,9-10,12H,3-4H2,1-2H3. The molecule has 0 saturated carbocycles. The van der Waals surface area contributed by atoms with E-state index < -0.39 is 12.4 Å². The summed E-state index contributed by atoms with van der Waals surface area (Å²) in [6.45, 7) is 4.79. The topological polar surface area (TPSA) is 38.7 Å². The molecule has 0 amide bonds. The Labute approximate surface area is 102 Å². The maximum Gasteiger partial charge on any atom is 0.187 e. The minimum absolute atomic E-state index is 0.517. The Hall–Kier alpha value is 0.0600. The summed E-state index contributed by atoms with van der Waals surface area (Å²) >= 11 is 4.91. The molecule has 86 valence electrons. The lowest BCUT2D eigenvalue weighted by molar-refractivity contribution is -0.191. The molecule has 1 heterocycles. The summed E-state index contributed by atoms with van der Waals surface area (Å²) in [4.78, 5) is 0. The van der Waals surface area contributed by atoms with Crippen LogP contribution in [0.25, 0.3) is 0 Å². The van der Waals surface area contributed by atoms with Gasteiger partial charge in [-0.05, 0) is 35.2 Å². The van der Waals surface area contributed by atoms with E-state index in [4.69, 9.17) is 9.47 Å². The molecule has 0 aliphatic heterocycles. The highest BCUT2D eigenvalue weighted by Gasteiger charge is 2.23. The minimum atomic E-state index is -0.745. The van der Waals surface area contributed by atoms with Gasteiger partial charge in [-0.15, -0.1) is 0 Å². The van der Waals surface area contributed by atoms with E-state index in [9.17, 15) is 5.11 Å². The van der Waals surface area contributed by atoms with Crippen molar-refractivity contribution in [1.82, 2.24) is 0 Å². The first-order valence-electron chi connectivity index (χ1n) is 4.83. The second kappa shape index (κ2) is 6.60. The van der Waals surface area contributed by atoms with Crippen molar-refractivity contribution in [2.24, 2.45) is 0 Å². The first-order chi connectivity index (χ1) is 7.20. The molecular formula is C10H15BrO3S. The van der Waals surface area contributed by atoms with Crippen LogP contribution in [0, 0.1) is 0 Å². The van der Waals surface area contributed by atoms with Gasteiger partial charge >= 0.3 is 0 Å². The number of rotatable bonds is 6. The number of hydrogen-bond donors (Lipinski definition) is 1. The van der Waals surface area contributed by atoms with Crippen molar-refractivity contribution in [2.45, 2.75) is 26.2 Å². The molecule has 15 heavy (non-hydrogen) atoms. The lowest BCUT2D eigenvalue weighted by Crippen LogP contribution is -2.25. The lowest BCUT2D eigenvalue weighted by atomic mass is 10.2. The molecular weight excluding hydrogens is 280 g/mol. The fourth-order valence-electron chi connectivity index (χ4n) is 1.21. The molecule has 0 bridgehead atoms. The maximum absolute atomic E-state index is 10.0. The molecule has 1 aromatic heterocycles. The van der Waals surface area contributed by atoms with Crippen LogP contribution in [0.5, 0.6) is 0 Å². The van der Waals surface area contributed by atoms with E-state index in [1.165, 1.54) is 11.3 Å². The first kappa shape index (κ1) is 13.1. The van der Waals surface area contributed by atoms with Crippen molar-refractivity contribution >= 4 is 27.3 Å². The van der Waals surface area contributed by atoms with Gasteiger partial charge in [-0.25, -0.2) is 0 Å². The molecule has 0 radical (unpaired) electrons. The molecule has 1 atom stereocenters. The van der Waals surface area contributed by atoms with E-state index in [0.717, 1.165) is 10.0 Å². The second-order valence-electron chi connectivity index (χ2n) is 2.90. The highest BCUT2D eigenvalue weighted by Crippen LogP contribution is 2.30. The molecule has 0 aromatic carbocycles. The molecule has 0 aliphatic carbocycles. The smallest absolute Gasteiger partial charge is 0.187 e. The largest absolute Gasteiger partial charge is 0.383 e. The molecule has 5 heteroatoms. The van der Waals surface area contributed by atoms with Gasteiger partial charge in [0.25, 0.3) is 0 Å². The molecule has 3 nitrogen and oxygen atoms in total. The van der Waals surface area contributed by atoms with Crippen LogP contribution >= 0.6 is 27.3 Å². The minimum Gasteiger partial charge on any atom is -0.383 e. The third-order valence-corrected chi connectivity index (χ3v) is 3.63. The van der Waals surface area contributed by atoms with Crippen molar-refractivity contribution in [3.8, 4) is 0 Å². The van der Waals surface area contributed by atoms with Gasteiger partial charge in [0.15, 0.2) is 6.29 Å². The number of halogens is 1. The summed E-state index contributed by atoms with van der Waals surface area (Å²) in [5.74, 6) is 0. The lowest BCUT2D eigenvalue weighted by Gasteiger charge is -2.22. The van der Waals surface area contributed by atoms with E-state index in [0.29, 0.717) is 13.2 Å². The van der Waals surface area contributed by atoms with Gasteiger partial charge in [-0.3, -0.25) is 0 Å². The highest BCUT2D eigenvalue weighted by molar-refractivity contribution is 9.10. The normalized spacial score (nSPS) is 13.4. The molecule has 0 fully saturated rings. The first-order valence-corrected chi connectivity index (χ1v) is 6.57. The Bertz CT molecular complexity index is 284. The molecule has 1 unspecified atom stereocenters. The number of hydrogen-bond acceptors (Lipinski definition) is 4. The van der Waals surface area contributed by atoms with E-state index in [1.54, 1.807) is 0 Å². The molecule has 1 rings (SSSR count). The summed E-state index contributed by atoms with van der Waals surface area (Å²) in [5.41, 5.74) is 0.812. The SMILES string of the molecule is CCOC(OCC)C(O)c1cscc1Br. The average molecular weight is 295 g/mol. The molecule has 1 N–H and O–H groups in total. The Kier molecular flexibility index (Phi) is 5.78. The number of thiophene rings is 1.